The predicted octanol–water partition coefficient (Wildman–Crippen LogP) is 3.37. The fourth-order valence-corrected chi connectivity index (χ4v) is 6.95. The van der Waals surface area contributed by atoms with Crippen molar-refractivity contribution in [1.29, 1.82) is 0 Å². The molecule has 2 saturated heterocycles. The first-order valence-corrected chi connectivity index (χ1v) is 13.5. The van der Waals surface area contributed by atoms with Crippen LogP contribution in [0.5, 0.6) is 5.75 Å². The number of methoxy groups -OCH3 is 1. The Hall–Kier alpha value is -2.78. The highest BCUT2D eigenvalue weighted by atomic mass is 32.2. The van der Waals surface area contributed by atoms with E-state index in [9.17, 15) is 13.5 Å². The largest absolute Gasteiger partial charge is 0.497 e. The van der Waals surface area contributed by atoms with Crippen molar-refractivity contribution in [2.45, 2.75) is 35.7 Å². The Morgan fingerprint density at radius 1 is 1.00 bits per heavy atom. The number of aromatic nitrogens is 1. The molecular formula is C27H31N3O4S. The highest BCUT2D eigenvalue weighted by molar-refractivity contribution is 7.89. The van der Waals surface area contributed by atoms with Gasteiger partial charge in [-0.25, -0.2) is 8.42 Å². The van der Waals surface area contributed by atoms with Crippen LogP contribution in [0.4, 0.5) is 0 Å². The number of nitrogens with zero attached hydrogens (tertiary/aromatic N) is 3. The van der Waals surface area contributed by atoms with Crippen molar-refractivity contribution in [1.82, 2.24) is 14.2 Å². The third-order valence-corrected chi connectivity index (χ3v) is 9.20. The second-order valence-corrected chi connectivity index (χ2v) is 11.1. The van der Waals surface area contributed by atoms with E-state index in [2.05, 4.69) is 34.1 Å². The van der Waals surface area contributed by atoms with E-state index in [1.165, 1.54) is 0 Å². The highest BCUT2D eigenvalue weighted by Gasteiger charge is 2.50. The monoisotopic (exact) mass is 493 g/mol. The Labute approximate surface area is 207 Å². The quantitative estimate of drug-likeness (QED) is 0.567. The lowest BCUT2D eigenvalue weighted by atomic mass is 9.74. The van der Waals surface area contributed by atoms with Gasteiger partial charge in [-0.2, -0.15) is 4.31 Å². The molecule has 1 aromatic heterocycles. The number of aliphatic hydroxyl groups excluding tert-OH is 1. The van der Waals surface area contributed by atoms with Crippen LogP contribution in [0.15, 0.2) is 78.0 Å². The molecule has 2 fully saturated rings. The molecule has 0 amide bonds. The zero-order valence-corrected chi connectivity index (χ0v) is 20.6. The van der Waals surface area contributed by atoms with Crippen molar-refractivity contribution in [3.8, 4) is 16.9 Å². The summed E-state index contributed by atoms with van der Waals surface area (Å²) < 4.78 is 33.9. The van der Waals surface area contributed by atoms with E-state index in [0.717, 1.165) is 36.1 Å². The molecule has 0 bridgehead atoms. The van der Waals surface area contributed by atoms with E-state index in [1.807, 2.05) is 18.3 Å². The van der Waals surface area contributed by atoms with Crippen molar-refractivity contribution in [2.75, 3.05) is 33.4 Å². The third-order valence-electron chi connectivity index (χ3n) is 7.32. The first-order valence-electron chi connectivity index (χ1n) is 12.0. The summed E-state index contributed by atoms with van der Waals surface area (Å²) in [6, 6.07) is 18.9. The van der Waals surface area contributed by atoms with Gasteiger partial charge in [-0.1, -0.05) is 30.3 Å². The van der Waals surface area contributed by atoms with E-state index in [1.54, 1.807) is 41.9 Å². The van der Waals surface area contributed by atoms with Crippen LogP contribution in [0, 0.1) is 0 Å². The van der Waals surface area contributed by atoms with Crippen LogP contribution < -0.4 is 4.74 Å². The summed E-state index contributed by atoms with van der Waals surface area (Å²) in [6.07, 6.45) is 5.29. The number of sulfonamides is 1. The summed E-state index contributed by atoms with van der Waals surface area (Å²) in [5.41, 5.74) is 3.26. The van der Waals surface area contributed by atoms with Gasteiger partial charge in [0.15, 0.2) is 0 Å². The third kappa shape index (κ3) is 4.59. The molecule has 0 aliphatic carbocycles. The molecule has 2 aliphatic rings. The van der Waals surface area contributed by atoms with Gasteiger partial charge in [-0.3, -0.25) is 9.88 Å². The number of hydrogen-bond acceptors (Lipinski definition) is 6. The maximum Gasteiger partial charge on any atom is 0.243 e. The van der Waals surface area contributed by atoms with Gasteiger partial charge in [0.05, 0.1) is 18.6 Å². The summed E-state index contributed by atoms with van der Waals surface area (Å²) in [5.74, 6) is 0.692. The molecule has 0 spiro atoms. The summed E-state index contributed by atoms with van der Waals surface area (Å²) >= 11 is 0. The molecule has 2 aliphatic heterocycles. The Bertz CT molecular complexity index is 1230. The van der Waals surface area contributed by atoms with Gasteiger partial charge in [0.1, 0.15) is 5.75 Å². The lowest BCUT2D eigenvalue weighted by Gasteiger charge is -2.57. The number of hydrogen-bond donors (Lipinski definition) is 1. The molecule has 35 heavy (non-hydrogen) atoms. The van der Waals surface area contributed by atoms with Crippen molar-refractivity contribution in [3.63, 3.8) is 0 Å². The molecule has 3 atom stereocenters. The van der Waals surface area contributed by atoms with Crippen LogP contribution in [-0.2, 0) is 10.0 Å². The lowest BCUT2D eigenvalue weighted by molar-refractivity contribution is -0.0553. The van der Waals surface area contributed by atoms with Gasteiger partial charge < -0.3 is 9.84 Å². The van der Waals surface area contributed by atoms with Gasteiger partial charge in [-0.05, 0) is 66.4 Å². The van der Waals surface area contributed by atoms with Crippen LogP contribution in [0.1, 0.15) is 24.3 Å². The van der Waals surface area contributed by atoms with Gasteiger partial charge in [0.25, 0.3) is 0 Å². The molecule has 1 N–H and O–H groups in total. The van der Waals surface area contributed by atoms with Crippen LogP contribution >= 0.6 is 0 Å². The molecular weight excluding hydrogens is 462 g/mol. The average molecular weight is 494 g/mol. The first-order chi connectivity index (χ1) is 17.0. The maximum atomic E-state index is 13.5. The fourth-order valence-electron chi connectivity index (χ4n) is 5.46. The maximum absolute atomic E-state index is 13.5. The standard InChI is InChI=1S/C27H31N3O4S/c1-34-23-10-12-24(13-11-23)35(32,33)29-15-2-3-16-30-25(18-29)27(26(30)19-31)21-8-6-20(7-9-21)22-5-4-14-28-17-22/h4-14,17,25-27,31H,2-3,15-16,18-19H2,1H3/t25-,26-,27+/m1/s1. The number of ether oxygens (including phenoxy) is 1. The Kier molecular flexibility index (Phi) is 6.88. The molecule has 8 heteroatoms. The molecule has 5 rings (SSSR count). The number of fused-ring (bicyclic) bond motifs is 1. The fraction of sp³-hybridized carbons (Fsp3) is 0.370. The minimum atomic E-state index is -3.64. The second-order valence-electron chi connectivity index (χ2n) is 9.19. The normalized spacial score (nSPS) is 23.5. The van der Waals surface area contributed by atoms with E-state index in [-0.39, 0.29) is 29.5 Å². The van der Waals surface area contributed by atoms with E-state index in [4.69, 9.17) is 4.74 Å². The van der Waals surface area contributed by atoms with Crippen molar-refractivity contribution in [2.24, 2.45) is 0 Å². The molecule has 3 heterocycles. The summed E-state index contributed by atoms with van der Waals surface area (Å²) in [6.45, 7) is 1.82. The van der Waals surface area contributed by atoms with Gasteiger partial charge in [0, 0.05) is 43.5 Å². The Balaban J connectivity index is 1.41. The van der Waals surface area contributed by atoms with Crippen molar-refractivity contribution >= 4 is 10.0 Å². The topological polar surface area (TPSA) is 83.0 Å². The Morgan fingerprint density at radius 3 is 2.40 bits per heavy atom. The van der Waals surface area contributed by atoms with E-state index < -0.39 is 10.0 Å². The minimum absolute atomic E-state index is 0.00659. The molecule has 2 aromatic carbocycles. The van der Waals surface area contributed by atoms with Gasteiger partial charge in [-0.15, -0.1) is 0 Å². The van der Waals surface area contributed by atoms with Crippen LogP contribution in [0.3, 0.4) is 0 Å². The molecule has 3 aromatic rings. The van der Waals surface area contributed by atoms with Gasteiger partial charge >= 0.3 is 0 Å². The predicted molar refractivity (Wildman–Crippen MR) is 135 cm³/mol. The summed E-state index contributed by atoms with van der Waals surface area (Å²) in [7, 11) is -2.08. The summed E-state index contributed by atoms with van der Waals surface area (Å²) in [5, 5.41) is 10.2. The smallest absolute Gasteiger partial charge is 0.243 e. The Morgan fingerprint density at radius 2 is 1.74 bits per heavy atom. The number of benzene rings is 2. The minimum Gasteiger partial charge on any atom is -0.497 e. The second kappa shape index (κ2) is 10.1. The summed E-state index contributed by atoms with van der Waals surface area (Å²) in [4.78, 5) is 6.77. The van der Waals surface area contributed by atoms with Crippen molar-refractivity contribution in [3.05, 3.63) is 78.6 Å². The first kappa shape index (κ1) is 23.9. The average Bonchev–Trinajstić information content (AvgIpc) is 2.88. The SMILES string of the molecule is COc1ccc(S(=O)(=O)N2CCCCN3[C@H](CO)[C@@H](c4ccc(-c5cccnc5)cc4)[C@H]3C2)cc1. The number of aliphatic hydroxyl groups is 1. The molecule has 0 unspecified atom stereocenters. The zero-order valence-electron chi connectivity index (χ0n) is 19.8. The highest BCUT2D eigenvalue weighted by Crippen LogP contribution is 2.43. The number of rotatable bonds is 6. The molecule has 0 radical (unpaired) electrons. The van der Waals surface area contributed by atoms with E-state index >= 15 is 0 Å². The van der Waals surface area contributed by atoms with Crippen LogP contribution in [0.25, 0.3) is 11.1 Å². The van der Waals surface area contributed by atoms with E-state index in [0.29, 0.717) is 18.8 Å². The molecule has 184 valence electrons. The van der Waals surface area contributed by atoms with Gasteiger partial charge in [0.2, 0.25) is 10.0 Å². The zero-order chi connectivity index (χ0) is 24.4. The number of pyridine rings is 1. The van der Waals surface area contributed by atoms with Crippen LogP contribution in [-0.4, -0.2) is 73.1 Å². The van der Waals surface area contributed by atoms with Crippen LogP contribution in [0.2, 0.25) is 0 Å². The van der Waals surface area contributed by atoms with Crippen molar-refractivity contribution < 1.29 is 18.3 Å². The molecule has 7 nitrogen and oxygen atoms in total. The molecule has 0 saturated carbocycles. The lowest BCUT2D eigenvalue weighted by Crippen LogP contribution is -2.67.